The maximum Gasteiger partial charge on any atom is 0.340 e. The van der Waals surface area contributed by atoms with Crippen LogP contribution in [0.2, 0.25) is 0 Å². The van der Waals surface area contributed by atoms with Crippen LogP contribution in [0.4, 0.5) is 22.7 Å². The van der Waals surface area contributed by atoms with Crippen LogP contribution in [0.5, 0.6) is 0 Å². The number of hydrogen-bond donors (Lipinski definition) is 0. The summed E-state index contributed by atoms with van der Waals surface area (Å²) in [5.41, 5.74) is 7.46. The van der Waals surface area contributed by atoms with Gasteiger partial charge in [0.1, 0.15) is 0 Å². The molecule has 0 aromatic heterocycles. The second-order valence-electron chi connectivity index (χ2n) is 10.1. The second kappa shape index (κ2) is 8.84. The van der Waals surface area contributed by atoms with E-state index < -0.39 is 5.60 Å². The fraction of sp³-hybridized carbons (Fsp3) is 0.345. The molecule has 184 valence electrons. The lowest BCUT2D eigenvalue weighted by molar-refractivity contribution is 0.0254. The van der Waals surface area contributed by atoms with Crippen molar-refractivity contribution >= 4 is 28.7 Å². The molecule has 3 aromatic rings. The number of cyclic esters (lactones) is 1. The maximum atomic E-state index is 13.4. The van der Waals surface area contributed by atoms with Gasteiger partial charge in [0, 0.05) is 95.8 Å². The zero-order valence-corrected chi connectivity index (χ0v) is 22.3. The standard InChI is InChI=1S/C29H36N4O2/c1-19-10-13-23-22(16-19)28(34)35-29(23,24-14-11-20(30(2)3)17-26(24)32(6)7)25-15-12-21(31(4)5)18-27(25)33(8)9/h10-18H,1-9H3. The van der Waals surface area contributed by atoms with Crippen LogP contribution in [0.3, 0.4) is 0 Å². The predicted octanol–water partition coefficient (Wildman–Crippen LogP) is 4.72. The van der Waals surface area contributed by atoms with Crippen LogP contribution in [0, 0.1) is 6.92 Å². The predicted molar refractivity (Wildman–Crippen MR) is 147 cm³/mol. The Morgan fingerprint density at radius 1 is 0.600 bits per heavy atom. The Morgan fingerprint density at radius 3 is 1.49 bits per heavy atom. The molecule has 1 aliphatic heterocycles. The van der Waals surface area contributed by atoms with Crippen molar-refractivity contribution in [1.29, 1.82) is 0 Å². The number of fused-ring (bicyclic) bond motifs is 1. The molecule has 1 heterocycles. The fourth-order valence-electron chi connectivity index (χ4n) is 4.86. The molecule has 1 aliphatic rings. The smallest absolute Gasteiger partial charge is 0.340 e. The first-order valence-electron chi connectivity index (χ1n) is 11.8. The summed E-state index contributed by atoms with van der Waals surface area (Å²) >= 11 is 0. The average molecular weight is 473 g/mol. The van der Waals surface area contributed by atoms with Crippen molar-refractivity contribution in [2.24, 2.45) is 0 Å². The minimum Gasteiger partial charge on any atom is -0.440 e. The molecule has 0 fully saturated rings. The Labute approximate surface area is 209 Å². The van der Waals surface area contributed by atoms with Crippen LogP contribution < -0.4 is 19.6 Å². The molecule has 0 radical (unpaired) electrons. The molecular weight excluding hydrogens is 436 g/mol. The Kier molecular flexibility index (Phi) is 6.18. The highest BCUT2D eigenvalue weighted by Gasteiger charge is 2.51. The number of ether oxygens (including phenoxy) is 1. The largest absolute Gasteiger partial charge is 0.440 e. The van der Waals surface area contributed by atoms with E-state index >= 15 is 0 Å². The van der Waals surface area contributed by atoms with Crippen LogP contribution in [0.15, 0.2) is 54.6 Å². The van der Waals surface area contributed by atoms with E-state index in [-0.39, 0.29) is 5.97 Å². The van der Waals surface area contributed by atoms with E-state index in [1.165, 1.54) is 0 Å². The molecule has 0 spiro atoms. The van der Waals surface area contributed by atoms with Crippen molar-refractivity contribution in [3.8, 4) is 0 Å². The van der Waals surface area contributed by atoms with Crippen LogP contribution in [-0.4, -0.2) is 62.4 Å². The lowest BCUT2D eigenvalue weighted by Gasteiger charge is -2.37. The highest BCUT2D eigenvalue weighted by molar-refractivity contribution is 5.97. The normalized spacial score (nSPS) is 13.8. The first kappa shape index (κ1) is 24.5. The summed E-state index contributed by atoms with van der Waals surface area (Å²) < 4.78 is 6.51. The number of carbonyl (C=O) groups is 1. The fourth-order valence-corrected chi connectivity index (χ4v) is 4.86. The Balaban J connectivity index is 2.14. The van der Waals surface area contributed by atoms with Gasteiger partial charge in [-0.1, -0.05) is 29.8 Å². The number of esters is 1. The molecule has 0 aliphatic carbocycles. The SMILES string of the molecule is Cc1ccc2c(c1)C(=O)OC2(c1ccc(N(C)C)cc1N(C)C)c1ccc(N(C)C)cc1N(C)C. The van der Waals surface area contributed by atoms with Gasteiger partial charge in [-0.05, 0) is 37.3 Å². The number of carbonyl (C=O) groups excluding carboxylic acids is 1. The van der Waals surface area contributed by atoms with Gasteiger partial charge in [0.2, 0.25) is 0 Å². The number of aryl methyl sites for hydroxylation is 1. The van der Waals surface area contributed by atoms with Crippen LogP contribution in [-0.2, 0) is 10.3 Å². The molecule has 0 saturated heterocycles. The minimum absolute atomic E-state index is 0.300. The number of anilines is 4. The zero-order chi connectivity index (χ0) is 25.7. The van der Waals surface area contributed by atoms with Crippen molar-refractivity contribution in [3.05, 3.63) is 82.4 Å². The van der Waals surface area contributed by atoms with Crippen LogP contribution in [0.1, 0.15) is 32.6 Å². The highest BCUT2D eigenvalue weighted by atomic mass is 16.6. The summed E-state index contributed by atoms with van der Waals surface area (Å²) in [4.78, 5) is 21.8. The molecule has 0 atom stereocenters. The molecular formula is C29H36N4O2. The zero-order valence-electron chi connectivity index (χ0n) is 22.3. The molecule has 0 amide bonds. The Bertz CT molecular complexity index is 1210. The first-order valence-corrected chi connectivity index (χ1v) is 11.8. The van der Waals surface area contributed by atoms with Gasteiger partial charge in [0.15, 0.2) is 5.60 Å². The van der Waals surface area contributed by atoms with Crippen LogP contribution in [0.25, 0.3) is 0 Å². The van der Waals surface area contributed by atoms with Gasteiger partial charge in [0.05, 0.1) is 5.56 Å². The van der Waals surface area contributed by atoms with E-state index in [1.807, 2.05) is 75.4 Å². The monoisotopic (exact) mass is 472 g/mol. The first-order chi connectivity index (χ1) is 16.5. The molecule has 0 unspecified atom stereocenters. The highest BCUT2D eigenvalue weighted by Crippen LogP contribution is 2.53. The molecule has 0 N–H and O–H groups in total. The van der Waals surface area contributed by atoms with Gasteiger partial charge in [-0.2, -0.15) is 0 Å². The van der Waals surface area contributed by atoms with Gasteiger partial charge in [-0.3, -0.25) is 0 Å². The van der Waals surface area contributed by atoms with Gasteiger partial charge in [0.25, 0.3) is 0 Å². The molecule has 3 aromatic carbocycles. The van der Waals surface area contributed by atoms with E-state index in [9.17, 15) is 4.79 Å². The number of rotatable bonds is 6. The molecule has 4 rings (SSSR count). The van der Waals surface area contributed by atoms with Crippen molar-refractivity contribution in [2.75, 3.05) is 76.0 Å². The van der Waals surface area contributed by atoms with Crippen molar-refractivity contribution in [1.82, 2.24) is 0 Å². The summed E-state index contributed by atoms with van der Waals surface area (Å²) in [6.07, 6.45) is 0. The summed E-state index contributed by atoms with van der Waals surface area (Å²) in [6.45, 7) is 2.00. The second-order valence-corrected chi connectivity index (χ2v) is 10.1. The number of nitrogens with zero attached hydrogens (tertiary/aromatic N) is 4. The lowest BCUT2D eigenvalue weighted by Crippen LogP contribution is -2.34. The Hall–Kier alpha value is -3.67. The molecule has 35 heavy (non-hydrogen) atoms. The van der Waals surface area contributed by atoms with Crippen molar-refractivity contribution in [3.63, 3.8) is 0 Å². The van der Waals surface area contributed by atoms with E-state index in [0.29, 0.717) is 5.56 Å². The van der Waals surface area contributed by atoms with E-state index in [4.69, 9.17) is 4.74 Å². The molecule has 0 bridgehead atoms. The molecule has 0 saturated carbocycles. The lowest BCUT2D eigenvalue weighted by atomic mass is 9.77. The van der Waals surface area contributed by atoms with E-state index in [2.05, 4.69) is 62.1 Å². The number of hydrogen-bond acceptors (Lipinski definition) is 6. The maximum absolute atomic E-state index is 13.4. The minimum atomic E-state index is -1.09. The van der Waals surface area contributed by atoms with Crippen LogP contribution >= 0.6 is 0 Å². The summed E-state index contributed by atoms with van der Waals surface area (Å²) in [5.74, 6) is -0.300. The third kappa shape index (κ3) is 3.97. The van der Waals surface area contributed by atoms with Crippen molar-refractivity contribution in [2.45, 2.75) is 12.5 Å². The average Bonchev–Trinajstić information content (AvgIpc) is 3.10. The third-order valence-corrected chi connectivity index (χ3v) is 6.74. The van der Waals surface area contributed by atoms with Gasteiger partial charge in [-0.15, -0.1) is 0 Å². The topological polar surface area (TPSA) is 39.3 Å². The van der Waals surface area contributed by atoms with Gasteiger partial charge >= 0.3 is 5.97 Å². The number of benzene rings is 3. The third-order valence-electron chi connectivity index (χ3n) is 6.74. The van der Waals surface area contributed by atoms with Gasteiger partial charge < -0.3 is 24.3 Å². The molecule has 6 heteroatoms. The summed E-state index contributed by atoms with van der Waals surface area (Å²) in [7, 11) is 16.2. The summed E-state index contributed by atoms with van der Waals surface area (Å²) in [5, 5.41) is 0. The van der Waals surface area contributed by atoms with Gasteiger partial charge in [-0.25, -0.2) is 4.79 Å². The molecule has 6 nitrogen and oxygen atoms in total. The van der Waals surface area contributed by atoms with E-state index in [1.54, 1.807) is 0 Å². The quantitative estimate of drug-likeness (QED) is 0.484. The van der Waals surface area contributed by atoms with E-state index in [0.717, 1.165) is 45.0 Å². The summed E-state index contributed by atoms with van der Waals surface area (Å²) in [6, 6.07) is 18.7. The van der Waals surface area contributed by atoms with Crippen molar-refractivity contribution < 1.29 is 9.53 Å². The Morgan fingerprint density at radius 2 is 1.06 bits per heavy atom.